The van der Waals surface area contributed by atoms with Gasteiger partial charge in [0.15, 0.2) is 6.10 Å². The number of carbonyl (C=O) groups is 1. The maximum Gasteiger partial charge on any atom is 0.332 e. The first-order chi connectivity index (χ1) is 8.70. The summed E-state index contributed by atoms with van der Waals surface area (Å²) in [5.41, 5.74) is 0. The summed E-state index contributed by atoms with van der Waals surface area (Å²) < 4.78 is 5.62. The van der Waals surface area contributed by atoms with Crippen LogP contribution in [0.4, 0.5) is 0 Å². The second-order valence-electron chi connectivity index (χ2n) is 5.57. The lowest BCUT2D eigenvalue weighted by atomic mass is 10.1. The first kappa shape index (κ1) is 13.8. The summed E-state index contributed by atoms with van der Waals surface area (Å²) >= 11 is 0. The van der Waals surface area contributed by atoms with Gasteiger partial charge in [0, 0.05) is 12.6 Å². The number of likely N-dealkylation sites (tertiary alicyclic amines) is 1. The van der Waals surface area contributed by atoms with E-state index in [-0.39, 0.29) is 6.10 Å². The summed E-state index contributed by atoms with van der Waals surface area (Å²) in [4.78, 5) is 13.4. The van der Waals surface area contributed by atoms with Crippen LogP contribution in [0.25, 0.3) is 0 Å². The van der Waals surface area contributed by atoms with Crippen LogP contribution in [0.3, 0.4) is 0 Å². The average molecular weight is 255 g/mol. The van der Waals surface area contributed by atoms with E-state index in [9.17, 15) is 4.79 Å². The van der Waals surface area contributed by atoms with E-state index < -0.39 is 12.1 Å². The molecule has 3 unspecified atom stereocenters. The largest absolute Gasteiger partial charge is 0.479 e. The van der Waals surface area contributed by atoms with Gasteiger partial charge in [-0.3, -0.25) is 4.90 Å². The van der Waals surface area contributed by atoms with Crippen LogP contribution in [0.1, 0.15) is 51.9 Å². The number of carboxylic acid groups (broad SMARTS) is 1. The summed E-state index contributed by atoms with van der Waals surface area (Å²) in [6.07, 6.45) is 7.52. The molecule has 2 heterocycles. The highest BCUT2D eigenvalue weighted by Crippen LogP contribution is 2.24. The van der Waals surface area contributed by atoms with Gasteiger partial charge in [0.25, 0.3) is 0 Å². The number of hydrogen-bond donors (Lipinski definition) is 1. The second kappa shape index (κ2) is 6.53. The molecule has 3 atom stereocenters. The number of ether oxygens (including phenoxy) is 1. The third-order valence-corrected chi connectivity index (χ3v) is 4.29. The van der Waals surface area contributed by atoms with Crippen molar-refractivity contribution in [1.29, 1.82) is 0 Å². The van der Waals surface area contributed by atoms with Gasteiger partial charge in [-0.15, -0.1) is 0 Å². The van der Waals surface area contributed by atoms with Crippen LogP contribution < -0.4 is 0 Å². The minimum Gasteiger partial charge on any atom is -0.479 e. The molecule has 2 fully saturated rings. The van der Waals surface area contributed by atoms with Gasteiger partial charge >= 0.3 is 5.97 Å². The predicted molar refractivity (Wildman–Crippen MR) is 69.7 cm³/mol. The van der Waals surface area contributed by atoms with Gasteiger partial charge in [-0.2, -0.15) is 0 Å². The maximum atomic E-state index is 10.9. The van der Waals surface area contributed by atoms with E-state index in [0.29, 0.717) is 12.5 Å². The lowest BCUT2D eigenvalue weighted by molar-refractivity contribution is -0.149. The molecule has 0 radical (unpaired) electrons. The highest BCUT2D eigenvalue weighted by atomic mass is 16.5. The first-order valence-corrected chi connectivity index (χ1v) is 7.33. The molecular weight excluding hydrogens is 230 g/mol. The fourth-order valence-corrected chi connectivity index (χ4v) is 3.22. The Kier molecular flexibility index (Phi) is 5.01. The molecule has 2 aliphatic heterocycles. The third-order valence-electron chi connectivity index (χ3n) is 4.29. The Morgan fingerprint density at radius 3 is 2.78 bits per heavy atom. The SMILES string of the molecule is CCC1CCCCCN1CC1CCC(C(=O)O)O1. The van der Waals surface area contributed by atoms with Crippen molar-refractivity contribution < 1.29 is 14.6 Å². The fraction of sp³-hybridized carbons (Fsp3) is 0.929. The number of nitrogens with zero attached hydrogens (tertiary/aromatic N) is 1. The number of carboxylic acids is 1. The Bertz CT molecular complexity index is 282. The topological polar surface area (TPSA) is 49.8 Å². The molecule has 0 aromatic carbocycles. The average Bonchev–Trinajstić information content (AvgIpc) is 2.70. The molecule has 0 bridgehead atoms. The van der Waals surface area contributed by atoms with Crippen molar-refractivity contribution in [1.82, 2.24) is 4.90 Å². The fourth-order valence-electron chi connectivity index (χ4n) is 3.22. The quantitative estimate of drug-likeness (QED) is 0.837. The monoisotopic (exact) mass is 255 g/mol. The molecule has 4 nitrogen and oxygen atoms in total. The van der Waals surface area contributed by atoms with Gasteiger partial charge in [-0.1, -0.05) is 19.8 Å². The highest BCUT2D eigenvalue weighted by molar-refractivity contribution is 5.72. The van der Waals surface area contributed by atoms with Crippen molar-refractivity contribution in [3.63, 3.8) is 0 Å². The Hall–Kier alpha value is -0.610. The van der Waals surface area contributed by atoms with Crippen LogP contribution in [-0.4, -0.2) is 47.3 Å². The summed E-state index contributed by atoms with van der Waals surface area (Å²) in [7, 11) is 0. The molecule has 2 saturated heterocycles. The predicted octanol–water partition coefficient (Wildman–Crippen LogP) is 2.27. The zero-order valence-electron chi connectivity index (χ0n) is 11.3. The number of aliphatic carboxylic acids is 1. The maximum absolute atomic E-state index is 10.9. The van der Waals surface area contributed by atoms with E-state index in [1.54, 1.807) is 0 Å². The van der Waals surface area contributed by atoms with E-state index in [1.165, 1.54) is 32.1 Å². The molecule has 0 spiro atoms. The minimum atomic E-state index is -0.805. The van der Waals surface area contributed by atoms with Crippen LogP contribution in [0.2, 0.25) is 0 Å². The molecule has 0 aromatic rings. The highest BCUT2D eigenvalue weighted by Gasteiger charge is 2.32. The van der Waals surface area contributed by atoms with Crippen LogP contribution in [0, 0.1) is 0 Å². The van der Waals surface area contributed by atoms with E-state index in [4.69, 9.17) is 9.84 Å². The molecule has 0 amide bonds. The molecule has 2 rings (SSSR count). The summed E-state index contributed by atoms with van der Waals surface area (Å²) in [6, 6.07) is 0.667. The lowest BCUT2D eigenvalue weighted by Crippen LogP contribution is -2.40. The number of rotatable bonds is 4. The Morgan fingerprint density at radius 2 is 2.11 bits per heavy atom. The van der Waals surface area contributed by atoms with E-state index in [1.807, 2.05) is 0 Å². The molecule has 4 heteroatoms. The van der Waals surface area contributed by atoms with Crippen molar-refractivity contribution in [2.45, 2.75) is 70.1 Å². The summed E-state index contributed by atoms with van der Waals surface area (Å²) in [5, 5.41) is 8.94. The molecule has 18 heavy (non-hydrogen) atoms. The van der Waals surface area contributed by atoms with Gasteiger partial charge < -0.3 is 9.84 Å². The van der Waals surface area contributed by atoms with E-state index >= 15 is 0 Å². The zero-order valence-corrected chi connectivity index (χ0v) is 11.3. The lowest BCUT2D eigenvalue weighted by Gasteiger charge is -2.31. The van der Waals surface area contributed by atoms with Crippen LogP contribution in [0.5, 0.6) is 0 Å². The normalized spacial score (nSPS) is 34.4. The second-order valence-corrected chi connectivity index (χ2v) is 5.57. The van der Waals surface area contributed by atoms with Gasteiger partial charge in [0.1, 0.15) is 0 Å². The molecular formula is C14H25NO3. The first-order valence-electron chi connectivity index (χ1n) is 7.33. The molecule has 104 valence electrons. The molecule has 0 saturated carbocycles. The molecule has 1 N–H and O–H groups in total. The summed E-state index contributed by atoms with van der Waals surface area (Å²) in [6.45, 7) is 4.32. The number of hydrogen-bond acceptors (Lipinski definition) is 3. The van der Waals surface area contributed by atoms with Crippen molar-refractivity contribution in [3.05, 3.63) is 0 Å². The van der Waals surface area contributed by atoms with Gasteiger partial charge in [0.05, 0.1) is 6.10 Å². The van der Waals surface area contributed by atoms with Gasteiger partial charge in [-0.05, 0) is 38.6 Å². The molecule has 2 aliphatic rings. The van der Waals surface area contributed by atoms with Crippen molar-refractivity contribution in [2.75, 3.05) is 13.1 Å². The molecule has 0 aliphatic carbocycles. The molecule has 0 aromatic heterocycles. The third kappa shape index (κ3) is 3.45. The van der Waals surface area contributed by atoms with Crippen molar-refractivity contribution >= 4 is 5.97 Å². The van der Waals surface area contributed by atoms with Gasteiger partial charge in [-0.25, -0.2) is 4.79 Å². The Balaban J connectivity index is 1.85. The van der Waals surface area contributed by atoms with Gasteiger partial charge in [0.2, 0.25) is 0 Å². The van der Waals surface area contributed by atoms with E-state index in [0.717, 1.165) is 19.5 Å². The van der Waals surface area contributed by atoms with E-state index in [2.05, 4.69) is 11.8 Å². The summed E-state index contributed by atoms with van der Waals surface area (Å²) in [5.74, 6) is -0.805. The van der Waals surface area contributed by atoms with Crippen LogP contribution in [-0.2, 0) is 9.53 Å². The minimum absolute atomic E-state index is 0.123. The smallest absolute Gasteiger partial charge is 0.332 e. The Labute approximate surface area is 109 Å². The Morgan fingerprint density at radius 1 is 1.28 bits per heavy atom. The standard InChI is InChI=1S/C14H25NO3/c1-2-11-6-4-3-5-9-15(11)10-12-7-8-13(18-12)14(16)17/h11-13H,2-10H2,1H3,(H,16,17). The van der Waals surface area contributed by atoms with Crippen molar-refractivity contribution in [2.24, 2.45) is 0 Å². The zero-order chi connectivity index (χ0) is 13.0. The van der Waals surface area contributed by atoms with Crippen LogP contribution >= 0.6 is 0 Å². The van der Waals surface area contributed by atoms with Crippen molar-refractivity contribution in [3.8, 4) is 0 Å². The van der Waals surface area contributed by atoms with Crippen LogP contribution in [0.15, 0.2) is 0 Å².